The summed E-state index contributed by atoms with van der Waals surface area (Å²) in [4.78, 5) is 12.9. The van der Waals surface area contributed by atoms with E-state index in [-0.39, 0.29) is 6.03 Å². The Labute approximate surface area is 71.0 Å². The summed E-state index contributed by atoms with van der Waals surface area (Å²) in [6, 6.07) is 7.40. The second kappa shape index (κ2) is 2.52. The molecule has 1 aromatic carbocycles. The molecule has 1 aliphatic rings. The number of anilines is 1. The molecular weight excluding hydrogens is 152 g/mol. The van der Waals surface area contributed by atoms with Crippen LogP contribution < -0.4 is 10.2 Å². The number of carbonyl (C=O) groups is 1. The SMILES string of the molecule is CCN1C(=O)[N]c2ccccc21. The summed E-state index contributed by atoms with van der Waals surface area (Å²) in [7, 11) is 0. The molecule has 0 N–H and O–H groups in total. The largest absolute Gasteiger partial charge is 0.348 e. The van der Waals surface area contributed by atoms with E-state index in [2.05, 4.69) is 5.32 Å². The maximum atomic E-state index is 11.2. The molecule has 3 heteroatoms. The molecule has 2 amide bonds. The molecule has 61 valence electrons. The van der Waals surface area contributed by atoms with Crippen LogP contribution in [0.15, 0.2) is 24.3 Å². The van der Waals surface area contributed by atoms with E-state index in [1.54, 1.807) is 4.90 Å². The molecule has 1 radical (unpaired) electrons. The van der Waals surface area contributed by atoms with Gasteiger partial charge in [0.15, 0.2) is 0 Å². The van der Waals surface area contributed by atoms with Crippen molar-refractivity contribution < 1.29 is 4.79 Å². The Bertz CT molecular complexity index is 322. The van der Waals surface area contributed by atoms with Crippen LogP contribution in [0.2, 0.25) is 0 Å². The zero-order valence-electron chi connectivity index (χ0n) is 6.82. The predicted octanol–water partition coefficient (Wildman–Crippen LogP) is 1.88. The fourth-order valence-corrected chi connectivity index (χ4v) is 1.36. The van der Waals surface area contributed by atoms with Gasteiger partial charge in [-0.1, -0.05) is 12.1 Å². The molecule has 0 fully saturated rings. The first kappa shape index (κ1) is 7.16. The lowest BCUT2D eigenvalue weighted by Gasteiger charge is -2.10. The minimum absolute atomic E-state index is 0.154. The van der Waals surface area contributed by atoms with E-state index in [4.69, 9.17) is 0 Å². The summed E-state index contributed by atoms with van der Waals surface area (Å²) in [6.45, 7) is 2.62. The van der Waals surface area contributed by atoms with Gasteiger partial charge in [0.1, 0.15) is 0 Å². The van der Waals surface area contributed by atoms with Gasteiger partial charge in [-0.25, -0.2) is 4.79 Å². The maximum Gasteiger partial charge on any atom is 0.348 e. The number of amides is 2. The number of carbonyl (C=O) groups excluding carboxylic acids is 1. The second-order valence-electron chi connectivity index (χ2n) is 2.63. The number of para-hydroxylation sites is 2. The predicted molar refractivity (Wildman–Crippen MR) is 46.7 cm³/mol. The van der Waals surface area contributed by atoms with Crippen LogP contribution in [0.4, 0.5) is 16.2 Å². The zero-order chi connectivity index (χ0) is 8.55. The zero-order valence-corrected chi connectivity index (χ0v) is 6.82. The van der Waals surface area contributed by atoms with Gasteiger partial charge in [0.2, 0.25) is 0 Å². The molecule has 0 atom stereocenters. The number of hydrogen-bond donors (Lipinski definition) is 0. The number of hydrogen-bond acceptors (Lipinski definition) is 1. The summed E-state index contributed by atoms with van der Waals surface area (Å²) in [5.74, 6) is 0. The first-order valence-corrected chi connectivity index (χ1v) is 3.95. The molecule has 2 rings (SSSR count). The standard InChI is InChI=1S/C9H9N2O/c1-2-11-8-6-4-3-5-7(8)10-9(11)12/h3-6H,2H2,1H3. The molecule has 0 aromatic heterocycles. The molecule has 3 nitrogen and oxygen atoms in total. The number of benzene rings is 1. The average molecular weight is 161 g/mol. The van der Waals surface area contributed by atoms with Crippen LogP contribution in [0.5, 0.6) is 0 Å². The third-order valence-electron chi connectivity index (χ3n) is 1.94. The number of rotatable bonds is 1. The Kier molecular flexibility index (Phi) is 1.50. The van der Waals surface area contributed by atoms with Gasteiger partial charge < -0.3 is 0 Å². The van der Waals surface area contributed by atoms with Crippen LogP contribution in [0.1, 0.15) is 6.92 Å². The first-order valence-electron chi connectivity index (χ1n) is 3.95. The Balaban J connectivity index is 2.47. The average Bonchev–Trinajstić information content (AvgIpc) is 2.40. The highest BCUT2D eigenvalue weighted by molar-refractivity contribution is 6.03. The fraction of sp³-hybridized carbons (Fsp3) is 0.222. The summed E-state index contributed by atoms with van der Waals surface area (Å²) in [5.41, 5.74) is 1.70. The van der Waals surface area contributed by atoms with Crippen molar-refractivity contribution in [2.24, 2.45) is 0 Å². The van der Waals surface area contributed by atoms with E-state index in [0.29, 0.717) is 6.54 Å². The van der Waals surface area contributed by atoms with E-state index >= 15 is 0 Å². The summed E-state index contributed by atoms with van der Waals surface area (Å²) in [5, 5.41) is 3.89. The quantitative estimate of drug-likeness (QED) is 0.619. The molecule has 0 bridgehead atoms. The molecule has 1 aromatic rings. The van der Waals surface area contributed by atoms with E-state index in [0.717, 1.165) is 11.4 Å². The van der Waals surface area contributed by atoms with E-state index in [1.807, 2.05) is 31.2 Å². The maximum absolute atomic E-state index is 11.2. The van der Waals surface area contributed by atoms with Crippen molar-refractivity contribution >= 4 is 17.4 Å². The lowest BCUT2D eigenvalue weighted by atomic mass is 10.3. The highest BCUT2D eigenvalue weighted by Crippen LogP contribution is 2.31. The van der Waals surface area contributed by atoms with Crippen molar-refractivity contribution in [3.63, 3.8) is 0 Å². The molecule has 0 saturated carbocycles. The van der Waals surface area contributed by atoms with Crippen molar-refractivity contribution in [1.29, 1.82) is 0 Å². The molecule has 0 aliphatic carbocycles. The molecule has 12 heavy (non-hydrogen) atoms. The van der Waals surface area contributed by atoms with Gasteiger partial charge in [0, 0.05) is 6.54 Å². The lowest BCUT2D eigenvalue weighted by Crippen LogP contribution is -2.27. The van der Waals surface area contributed by atoms with Crippen LogP contribution in [-0.2, 0) is 0 Å². The highest BCUT2D eigenvalue weighted by Gasteiger charge is 2.26. The lowest BCUT2D eigenvalue weighted by molar-refractivity contribution is 0.251. The Morgan fingerprint density at radius 1 is 1.42 bits per heavy atom. The molecule has 1 aliphatic heterocycles. The molecule has 1 heterocycles. The number of urea groups is 1. The Hall–Kier alpha value is -1.51. The number of fused-ring (bicyclic) bond motifs is 1. The third-order valence-corrected chi connectivity index (χ3v) is 1.94. The molecule has 0 spiro atoms. The highest BCUT2D eigenvalue weighted by atomic mass is 16.2. The van der Waals surface area contributed by atoms with Gasteiger partial charge in [-0.3, -0.25) is 4.90 Å². The first-order chi connectivity index (χ1) is 5.83. The molecule has 0 saturated heterocycles. The summed E-state index contributed by atoms with van der Waals surface area (Å²) in [6.07, 6.45) is 0. The summed E-state index contributed by atoms with van der Waals surface area (Å²) < 4.78 is 0. The topological polar surface area (TPSA) is 34.4 Å². The van der Waals surface area contributed by atoms with E-state index in [1.165, 1.54) is 0 Å². The third kappa shape index (κ3) is 0.863. The van der Waals surface area contributed by atoms with Crippen LogP contribution in [0, 0.1) is 0 Å². The molecule has 0 unspecified atom stereocenters. The van der Waals surface area contributed by atoms with Crippen molar-refractivity contribution in [1.82, 2.24) is 5.32 Å². The monoisotopic (exact) mass is 161 g/mol. The van der Waals surface area contributed by atoms with Crippen molar-refractivity contribution in [2.75, 3.05) is 11.4 Å². The number of nitrogens with zero attached hydrogens (tertiary/aromatic N) is 2. The van der Waals surface area contributed by atoms with Gasteiger partial charge in [-0.2, -0.15) is 5.32 Å². The van der Waals surface area contributed by atoms with Gasteiger partial charge in [0.05, 0.1) is 11.4 Å². The smallest absolute Gasteiger partial charge is 0.291 e. The van der Waals surface area contributed by atoms with Crippen LogP contribution in [0.25, 0.3) is 0 Å². The van der Waals surface area contributed by atoms with Crippen LogP contribution in [-0.4, -0.2) is 12.6 Å². The van der Waals surface area contributed by atoms with E-state index < -0.39 is 0 Å². The Morgan fingerprint density at radius 2 is 2.17 bits per heavy atom. The normalized spacial score (nSPS) is 14.4. The fourth-order valence-electron chi connectivity index (χ4n) is 1.36. The van der Waals surface area contributed by atoms with Crippen LogP contribution in [0.3, 0.4) is 0 Å². The van der Waals surface area contributed by atoms with E-state index in [9.17, 15) is 4.79 Å². The van der Waals surface area contributed by atoms with Gasteiger partial charge >= 0.3 is 6.03 Å². The van der Waals surface area contributed by atoms with Gasteiger partial charge in [0.25, 0.3) is 0 Å². The summed E-state index contributed by atoms with van der Waals surface area (Å²) >= 11 is 0. The minimum atomic E-state index is -0.154. The molecular formula is C9H9N2O. The second-order valence-corrected chi connectivity index (χ2v) is 2.63. The van der Waals surface area contributed by atoms with Crippen molar-refractivity contribution in [3.8, 4) is 0 Å². The van der Waals surface area contributed by atoms with Gasteiger partial charge in [-0.05, 0) is 19.1 Å². The van der Waals surface area contributed by atoms with Crippen LogP contribution >= 0.6 is 0 Å². The van der Waals surface area contributed by atoms with Gasteiger partial charge in [-0.15, -0.1) is 0 Å². The van der Waals surface area contributed by atoms with Crippen molar-refractivity contribution in [3.05, 3.63) is 24.3 Å². The Morgan fingerprint density at radius 3 is 2.92 bits per heavy atom. The minimum Gasteiger partial charge on any atom is -0.291 e. The van der Waals surface area contributed by atoms with Crippen molar-refractivity contribution in [2.45, 2.75) is 6.92 Å².